The molecule has 0 aliphatic rings. The number of hydrogen-bond acceptors (Lipinski definition) is 5. The van der Waals surface area contributed by atoms with E-state index in [1.807, 2.05) is 24.3 Å². The third-order valence-corrected chi connectivity index (χ3v) is 5.58. The fourth-order valence-electron chi connectivity index (χ4n) is 2.96. The van der Waals surface area contributed by atoms with Crippen LogP contribution in [0, 0.1) is 0 Å². The number of ketones is 1. The van der Waals surface area contributed by atoms with Crippen LogP contribution in [0.2, 0.25) is 5.02 Å². The lowest BCUT2D eigenvalue weighted by atomic mass is 10.0. The Morgan fingerprint density at radius 1 is 1.04 bits per heavy atom. The van der Waals surface area contributed by atoms with E-state index in [1.54, 1.807) is 35.7 Å². The molecule has 2 aromatic carbocycles. The maximum Gasteiger partial charge on any atom is 0.337 e. The van der Waals surface area contributed by atoms with Gasteiger partial charge in [0.1, 0.15) is 5.69 Å². The van der Waals surface area contributed by atoms with Crippen LogP contribution in [0.4, 0.5) is 0 Å². The predicted octanol–water partition coefficient (Wildman–Crippen LogP) is 5.14. The number of carboxylic acid groups (broad SMARTS) is 1. The Morgan fingerprint density at radius 3 is 2.54 bits per heavy atom. The van der Waals surface area contributed by atoms with Gasteiger partial charge in [0.15, 0.2) is 5.78 Å². The lowest BCUT2D eigenvalue weighted by molar-refractivity contribution is 0.0697. The van der Waals surface area contributed by atoms with E-state index in [0.717, 1.165) is 10.9 Å². The van der Waals surface area contributed by atoms with Crippen LogP contribution >= 0.6 is 22.9 Å². The molecule has 1 N–H and O–H groups in total. The number of Topliss-reactive ketones (excluding diaryl/α,β-unsaturated/α-hetero) is 1. The van der Waals surface area contributed by atoms with Crippen LogP contribution in [0.25, 0.3) is 22.0 Å². The van der Waals surface area contributed by atoms with Gasteiger partial charge in [-0.2, -0.15) is 0 Å². The molecular weight excluding hydrogens is 396 g/mol. The minimum atomic E-state index is -1.07. The topological polar surface area (TPSA) is 80.2 Å². The van der Waals surface area contributed by atoms with Gasteiger partial charge in [0.05, 0.1) is 11.1 Å². The number of aromatic nitrogens is 2. The third-order valence-electron chi connectivity index (χ3n) is 4.34. The highest BCUT2D eigenvalue weighted by Gasteiger charge is 2.22. The average Bonchev–Trinajstić information content (AvgIpc) is 3.12. The zero-order valence-electron chi connectivity index (χ0n) is 14.4. The molecule has 0 fully saturated rings. The van der Waals surface area contributed by atoms with Crippen molar-refractivity contribution >= 4 is 45.6 Å². The molecule has 0 unspecified atom stereocenters. The standard InChI is InChI=1S/C21H13ClN2O3S/c22-14-7-5-12(6-8-14)15-11-28-19(20(15)21(26)27)10-18(25)17-9-13-3-1-2-4-16(13)23-24-17/h1-9,11H,10H2,(H,26,27). The molecule has 0 radical (unpaired) electrons. The number of aromatic carboxylic acids is 1. The van der Waals surface area contributed by atoms with Crippen LogP contribution in [-0.4, -0.2) is 27.1 Å². The highest BCUT2D eigenvalue weighted by atomic mass is 35.5. The molecule has 138 valence electrons. The van der Waals surface area contributed by atoms with E-state index in [2.05, 4.69) is 10.2 Å². The number of halogens is 1. The lowest BCUT2D eigenvalue weighted by Crippen LogP contribution is -2.09. The number of carbonyl (C=O) groups excluding carboxylic acids is 1. The minimum Gasteiger partial charge on any atom is -0.478 e. The molecule has 0 spiro atoms. The number of hydrogen-bond donors (Lipinski definition) is 1. The second-order valence-electron chi connectivity index (χ2n) is 6.15. The maximum absolute atomic E-state index is 12.7. The van der Waals surface area contributed by atoms with E-state index < -0.39 is 5.97 Å². The Balaban J connectivity index is 1.68. The van der Waals surface area contributed by atoms with Crippen molar-refractivity contribution in [3.8, 4) is 11.1 Å². The zero-order chi connectivity index (χ0) is 19.7. The van der Waals surface area contributed by atoms with Gasteiger partial charge < -0.3 is 5.11 Å². The van der Waals surface area contributed by atoms with E-state index in [0.29, 0.717) is 21.0 Å². The van der Waals surface area contributed by atoms with E-state index in [-0.39, 0.29) is 23.5 Å². The lowest BCUT2D eigenvalue weighted by Gasteiger charge is -2.04. The first-order chi connectivity index (χ1) is 13.5. The second-order valence-corrected chi connectivity index (χ2v) is 7.55. The van der Waals surface area contributed by atoms with Crippen molar-refractivity contribution in [1.29, 1.82) is 0 Å². The summed E-state index contributed by atoms with van der Waals surface area (Å²) < 4.78 is 0. The van der Waals surface area contributed by atoms with Crippen LogP contribution in [-0.2, 0) is 6.42 Å². The van der Waals surface area contributed by atoms with Gasteiger partial charge in [-0.15, -0.1) is 21.5 Å². The zero-order valence-corrected chi connectivity index (χ0v) is 16.0. The predicted molar refractivity (Wildman–Crippen MR) is 109 cm³/mol. The third kappa shape index (κ3) is 3.52. The first kappa shape index (κ1) is 18.3. The summed E-state index contributed by atoms with van der Waals surface area (Å²) in [6.07, 6.45) is -0.0487. The fraction of sp³-hybridized carbons (Fsp3) is 0.0476. The molecule has 0 aliphatic carbocycles. The normalized spacial score (nSPS) is 10.9. The van der Waals surface area contributed by atoms with Crippen LogP contribution in [0.3, 0.4) is 0 Å². The van der Waals surface area contributed by atoms with Gasteiger partial charge >= 0.3 is 5.97 Å². The van der Waals surface area contributed by atoms with Crippen molar-refractivity contribution < 1.29 is 14.7 Å². The summed E-state index contributed by atoms with van der Waals surface area (Å²) in [5, 5.41) is 20.9. The van der Waals surface area contributed by atoms with Gasteiger partial charge in [-0.05, 0) is 35.2 Å². The van der Waals surface area contributed by atoms with Gasteiger partial charge in [0.2, 0.25) is 0 Å². The summed E-state index contributed by atoms with van der Waals surface area (Å²) >= 11 is 7.16. The quantitative estimate of drug-likeness (QED) is 0.463. The smallest absolute Gasteiger partial charge is 0.337 e. The van der Waals surface area contributed by atoms with Gasteiger partial charge in [0, 0.05) is 27.3 Å². The molecule has 28 heavy (non-hydrogen) atoms. The van der Waals surface area contributed by atoms with Crippen molar-refractivity contribution in [3.63, 3.8) is 0 Å². The Morgan fingerprint density at radius 2 is 1.79 bits per heavy atom. The summed E-state index contributed by atoms with van der Waals surface area (Å²) in [5.74, 6) is -1.34. The highest BCUT2D eigenvalue weighted by Crippen LogP contribution is 2.33. The van der Waals surface area contributed by atoms with Gasteiger partial charge in [0.25, 0.3) is 0 Å². The van der Waals surface area contributed by atoms with Crippen molar-refractivity contribution in [2.24, 2.45) is 0 Å². The average molecular weight is 409 g/mol. The number of carboxylic acids is 1. The summed E-state index contributed by atoms with van der Waals surface area (Å²) in [7, 11) is 0. The molecule has 0 saturated carbocycles. The van der Waals surface area contributed by atoms with E-state index in [9.17, 15) is 14.7 Å². The maximum atomic E-state index is 12.7. The Labute approximate surface area is 169 Å². The van der Waals surface area contributed by atoms with Crippen LogP contribution in [0.1, 0.15) is 25.7 Å². The second kappa shape index (κ2) is 7.50. The van der Waals surface area contributed by atoms with E-state index >= 15 is 0 Å². The molecule has 0 atom stereocenters. The van der Waals surface area contributed by atoms with Crippen molar-refractivity contribution in [3.05, 3.63) is 81.1 Å². The molecule has 0 bridgehead atoms. The van der Waals surface area contributed by atoms with Crippen molar-refractivity contribution in [2.45, 2.75) is 6.42 Å². The first-order valence-corrected chi connectivity index (χ1v) is 9.64. The molecule has 4 aromatic rings. The van der Waals surface area contributed by atoms with Crippen molar-refractivity contribution in [2.75, 3.05) is 0 Å². The molecule has 7 heteroatoms. The van der Waals surface area contributed by atoms with E-state index in [1.165, 1.54) is 11.3 Å². The monoisotopic (exact) mass is 408 g/mol. The number of nitrogens with zero attached hydrogens (tertiary/aromatic N) is 2. The van der Waals surface area contributed by atoms with Crippen molar-refractivity contribution in [1.82, 2.24) is 10.2 Å². The van der Waals surface area contributed by atoms with Crippen LogP contribution in [0.15, 0.2) is 60.0 Å². The van der Waals surface area contributed by atoms with E-state index in [4.69, 9.17) is 11.6 Å². The Kier molecular flexibility index (Phi) is 4.90. The molecule has 0 amide bonds. The Hall–Kier alpha value is -3.09. The summed E-state index contributed by atoms with van der Waals surface area (Å²) in [4.78, 5) is 25.1. The Bertz CT molecular complexity index is 1200. The molecule has 4 rings (SSSR count). The number of thiophene rings is 1. The summed E-state index contributed by atoms with van der Waals surface area (Å²) in [6.45, 7) is 0. The number of rotatable bonds is 5. The fourth-order valence-corrected chi connectivity index (χ4v) is 4.13. The summed E-state index contributed by atoms with van der Waals surface area (Å²) in [6, 6.07) is 16.0. The molecule has 2 heterocycles. The largest absolute Gasteiger partial charge is 0.478 e. The molecule has 2 aromatic heterocycles. The van der Waals surface area contributed by atoms with Gasteiger partial charge in [-0.1, -0.05) is 41.9 Å². The first-order valence-electron chi connectivity index (χ1n) is 8.38. The molecular formula is C21H13ClN2O3S. The number of benzene rings is 2. The summed E-state index contributed by atoms with van der Waals surface area (Å²) in [5.41, 5.74) is 2.36. The number of carbonyl (C=O) groups is 2. The highest BCUT2D eigenvalue weighted by molar-refractivity contribution is 7.11. The van der Waals surface area contributed by atoms with Gasteiger partial charge in [-0.3, -0.25) is 4.79 Å². The molecule has 5 nitrogen and oxygen atoms in total. The number of fused-ring (bicyclic) bond motifs is 1. The van der Waals surface area contributed by atoms with Crippen LogP contribution < -0.4 is 0 Å². The minimum absolute atomic E-state index is 0.0487. The van der Waals surface area contributed by atoms with Gasteiger partial charge in [-0.25, -0.2) is 4.79 Å². The SMILES string of the molecule is O=C(Cc1scc(-c2ccc(Cl)cc2)c1C(=O)O)c1cc2ccccc2nn1. The van der Waals surface area contributed by atoms with Crippen LogP contribution in [0.5, 0.6) is 0 Å². The molecule has 0 saturated heterocycles. The molecule has 0 aliphatic heterocycles.